The summed E-state index contributed by atoms with van der Waals surface area (Å²) in [6.45, 7) is -0.247. The van der Waals surface area contributed by atoms with Crippen LogP contribution in [-0.2, 0) is 14.4 Å². The summed E-state index contributed by atoms with van der Waals surface area (Å²) in [6.07, 6.45) is 1.31. The molecular weight excluding hydrogens is 502 g/mol. The Bertz CT molecular complexity index is 1460. The summed E-state index contributed by atoms with van der Waals surface area (Å²) in [5, 5.41) is 5.02. The van der Waals surface area contributed by atoms with Crippen molar-refractivity contribution in [2.45, 2.75) is 0 Å². The number of hydrogen-bond acceptors (Lipinski definition) is 7. The summed E-state index contributed by atoms with van der Waals surface area (Å²) in [5.74, 6) is -0.937. The molecule has 0 atom stereocenters. The molecule has 0 spiro atoms. The average Bonchev–Trinajstić information content (AvgIpc) is 3.35. The van der Waals surface area contributed by atoms with Gasteiger partial charge in [0.05, 0.1) is 10.7 Å². The Morgan fingerprint density at radius 1 is 1.03 bits per heavy atom. The highest BCUT2D eigenvalue weighted by molar-refractivity contribution is 6.39. The molecule has 2 heterocycles. The van der Waals surface area contributed by atoms with Gasteiger partial charge in [-0.15, -0.1) is 0 Å². The van der Waals surface area contributed by atoms with Crippen LogP contribution in [-0.4, -0.2) is 37.2 Å². The van der Waals surface area contributed by atoms with Crippen LogP contribution in [0.2, 0.25) is 5.02 Å². The molecular formula is C26H18ClN3O7. The lowest BCUT2D eigenvalue weighted by atomic mass is 10.1. The van der Waals surface area contributed by atoms with Crippen molar-refractivity contribution >= 4 is 52.8 Å². The van der Waals surface area contributed by atoms with Gasteiger partial charge >= 0.3 is 6.03 Å². The predicted molar refractivity (Wildman–Crippen MR) is 134 cm³/mol. The normalized spacial score (nSPS) is 15.5. The Morgan fingerprint density at radius 2 is 1.81 bits per heavy atom. The standard InChI is InChI=1S/C26H18ClN3O7/c27-19-11-15(6-8-20(19)35-13-23(31)28-16-4-2-1-3-5-16)10-18-24(32)29-26(34)30(25(18)33)17-7-9-21-22(12-17)37-14-36-21/h1-12H,13-14H2,(H,28,31)(H,29,32,34)/b18-10+. The molecule has 5 rings (SSSR count). The molecule has 3 aromatic rings. The predicted octanol–water partition coefficient (Wildman–Crippen LogP) is 3.75. The number of urea groups is 1. The van der Waals surface area contributed by atoms with Crippen LogP contribution in [0.3, 0.4) is 0 Å². The highest BCUT2D eigenvalue weighted by Crippen LogP contribution is 2.36. The number of benzene rings is 3. The molecule has 1 fully saturated rings. The van der Waals surface area contributed by atoms with Gasteiger partial charge in [-0.3, -0.25) is 19.7 Å². The molecule has 2 aliphatic rings. The van der Waals surface area contributed by atoms with Gasteiger partial charge in [-0.25, -0.2) is 9.69 Å². The molecule has 0 unspecified atom stereocenters. The van der Waals surface area contributed by atoms with Crippen molar-refractivity contribution in [2.24, 2.45) is 0 Å². The van der Waals surface area contributed by atoms with Gasteiger partial charge in [-0.2, -0.15) is 0 Å². The van der Waals surface area contributed by atoms with E-state index >= 15 is 0 Å². The molecule has 37 heavy (non-hydrogen) atoms. The van der Waals surface area contributed by atoms with E-state index in [-0.39, 0.29) is 41.3 Å². The summed E-state index contributed by atoms with van der Waals surface area (Å²) in [6, 6.07) is 17.1. The molecule has 0 aliphatic carbocycles. The number of carbonyl (C=O) groups is 4. The van der Waals surface area contributed by atoms with Crippen molar-refractivity contribution in [3.8, 4) is 17.2 Å². The number of para-hydroxylation sites is 1. The number of anilines is 2. The molecule has 11 heteroatoms. The van der Waals surface area contributed by atoms with E-state index in [9.17, 15) is 19.2 Å². The van der Waals surface area contributed by atoms with E-state index in [4.69, 9.17) is 25.8 Å². The zero-order chi connectivity index (χ0) is 25.9. The molecule has 5 amide bonds. The van der Waals surface area contributed by atoms with E-state index in [0.29, 0.717) is 22.7 Å². The lowest BCUT2D eigenvalue weighted by Gasteiger charge is -2.26. The minimum atomic E-state index is -0.887. The van der Waals surface area contributed by atoms with Gasteiger partial charge in [-0.1, -0.05) is 35.9 Å². The molecule has 0 radical (unpaired) electrons. The van der Waals surface area contributed by atoms with E-state index in [2.05, 4.69) is 10.6 Å². The van der Waals surface area contributed by atoms with Gasteiger partial charge in [0.25, 0.3) is 17.7 Å². The summed E-state index contributed by atoms with van der Waals surface area (Å²) in [4.78, 5) is 51.0. The number of nitrogens with one attached hydrogen (secondary N) is 2. The van der Waals surface area contributed by atoms with E-state index in [0.717, 1.165) is 4.90 Å². The third-order valence-electron chi connectivity index (χ3n) is 5.40. The van der Waals surface area contributed by atoms with E-state index in [1.807, 2.05) is 6.07 Å². The number of carbonyl (C=O) groups excluding carboxylic acids is 4. The number of nitrogens with zero attached hydrogens (tertiary/aromatic N) is 1. The van der Waals surface area contributed by atoms with E-state index < -0.39 is 17.8 Å². The summed E-state index contributed by atoms with van der Waals surface area (Å²) in [5.41, 5.74) is 0.974. The first kappa shape index (κ1) is 23.9. The lowest BCUT2D eigenvalue weighted by molar-refractivity contribution is -0.122. The van der Waals surface area contributed by atoms with Gasteiger partial charge in [0.1, 0.15) is 11.3 Å². The molecule has 2 N–H and O–H groups in total. The summed E-state index contributed by atoms with van der Waals surface area (Å²) >= 11 is 6.30. The molecule has 10 nitrogen and oxygen atoms in total. The van der Waals surface area contributed by atoms with Crippen LogP contribution in [0, 0.1) is 0 Å². The lowest BCUT2D eigenvalue weighted by Crippen LogP contribution is -2.54. The molecule has 2 aliphatic heterocycles. The van der Waals surface area contributed by atoms with Gasteiger partial charge < -0.3 is 19.5 Å². The van der Waals surface area contributed by atoms with Crippen LogP contribution in [0.1, 0.15) is 5.56 Å². The Balaban J connectivity index is 1.31. The van der Waals surface area contributed by atoms with Gasteiger partial charge in [0.2, 0.25) is 6.79 Å². The second kappa shape index (κ2) is 10.0. The maximum Gasteiger partial charge on any atom is 0.335 e. The molecule has 0 saturated carbocycles. The number of rotatable bonds is 6. The first-order valence-corrected chi connectivity index (χ1v) is 11.4. The monoisotopic (exact) mass is 519 g/mol. The van der Waals surface area contributed by atoms with Gasteiger partial charge in [-0.05, 0) is 48.0 Å². The minimum Gasteiger partial charge on any atom is -0.482 e. The fourth-order valence-corrected chi connectivity index (χ4v) is 3.91. The Hall–Kier alpha value is -4.83. The van der Waals surface area contributed by atoms with Crippen LogP contribution >= 0.6 is 11.6 Å². The van der Waals surface area contributed by atoms with Crippen molar-refractivity contribution in [2.75, 3.05) is 23.6 Å². The maximum atomic E-state index is 13.1. The third-order valence-corrected chi connectivity index (χ3v) is 5.69. The summed E-state index contributed by atoms with van der Waals surface area (Å²) < 4.78 is 16.1. The fourth-order valence-electron chi connectivity index (χ4n) is 3.67. The first-order chi connectivity index (χ1) is 17.9. The van der Waals surface area contributed by atoms with Crippen LogP contribution in [0.5, 0.6) is 17.2 Å². The van der Waals surface area contributed by atoms with Gasteiger partial charge in [0.15, 0.2) is 18.1 Å². The van der Waals surface area contributed by atoms with Crippen LogP contribution in [0.25, 0.3) is 6.08 Å². The van der Waals surface area contributed by atoms with E-state index in [1.165, 1.54) is 30.3 Å². The Kier molecular flexibility index (Phi) is 6.48. The number of ether oxygens (including phenoxy) is 3. The highest BCUT2D eigenvalue weighted by Gasteiger charge is 2.37. The quantitative estimate of drug-likeness (QED) is 0.375. The molecule has 0 bridgehead atoms. The third kappa shape index (κ3) is 5.09. The fraction of sp³-hybridized carbons (Fsp3) is 0.0769. The number of amides is 5. The average molecular weight is 520 g/mol. The number of barbiturate groups is 1. The van der Waals surface area contributed by atoms with Crippen molar-refractivity contribution in [1.29, 1.82) is 0 Å². The number of imide groups is 2. The topological polar surface area (TPSA) is 123 Å². The second-order valence-electron chi connectivity index (χ2n) is 7.89. The van der Waals surface area contributed by atoms with Crippen molar-refractivity contribution in [1.82, 2.24) is 5.32 Å². The first-order valence-electron chi connectivity index (χ1n) is 11.0. The molecule has 186 valence electrons. The largest absolute Gasteiger partial charge is 0.482 e. The van der Waals surface area contributed by atoms with Crippen molar-refractivity contribution in [3.63, 3.8) is 0 Å². The maximum absolute atomic E-state index is 13.1. The zero-order valence-corrected chi connectivity index (χ0v) is 19.8. The van der Waals surface area contributed by atoms with Gasteiger partial charge in [0, 0.05) is 11.8 Å². The second-order valence-corrected chi connectivity index (χ2v) is 8.30. The Labute approximate surface area is 215 Å². The number of hydrogen-bond donors (Lipinski definition) is 2. The number of halogens is 1. The molecule has 3 aromatic carbocycles. The minimum absolute atomic E-state index is 0.0285. The highest BCUT2D eigenvalue weighted by atomic mass is 35.5. The SMILES string of the molecule is O=C(COc1ccc(/C=C2\C(=O)NC(=O)N(c3ccc4c(c3)OCO4)C2=O)cc1Cl)Nc1ccccc1. The van der Waals surface area contributed by atoms with Crippen LogP contribution < -0.4 is 29.7 Å². The number of fused-ring (bicyclic) bond motifs is 1. The smallest absolute Gasteiger partial charge is 0.335 e. The van der Waals surface area contributed by atoms with E-state index in [1.54, 1.807) is 36.4 Å². The molecule has 0 aromatic heterocycles. The molecule has 1 saturated heterocycles. The summed E-state index contributed by atoms with van der Waals surface area (Å²) in [7, 11) is 0. The van der Waals surface area contributed by atoms with Crippen molar-refractivity contribution < 1.29 is 33.4 Å². The zero-order valence-electron chi connectivity index (χ0n) is 19.0. The van der Waals surface area contributed by atoms with Crippen LogP contribution in [0.4, 0.5) is 16.2 Å². The van der Waals surface area contributed by atoms with Crippen molar-refractivity contribution in [3.05, 3.63) is 82.9 Å². The Morgan fingerprint density at radius 3 is 2.59 bits per heavy atom. The van der Waals surface area contributed by atoms with Crippen LogP contribution in [0.15, 0.2) is 72.3 Å².